The first kappa shape index (κ1) is 81.6. The second kappa shape index (κ2) is 38.0. The third-order valence-corrected chi connectivity index (χ3v) is 19.0. The summed E-state index contributed by atoms with van der Waals surface area (Å²) in [5.74, 6) is -1.56. The summed E-state index contributed by atoms with van der Waals surface area (Å²) in [7, 11) is -21.5. The van der Waals surface area contributed by atoms with Crippen molar-refractivity contribution in [2.45, 2.75) is 66.2 Å². The number of halogens is 2. The standard InChI is InChI=1S/C59H70Br2N10O23S6/c1-37-27-51(55(92-18-8-24-98(80,81)82)33-47(37)68-70-53-29-39(3)49(35-57(53)91-15-5-21-95-73)66-64-45-13-11-41(31-43(45)60)89-16-6-22-96(74,75)76)62-59(72)63-52-28-38(2)48(34-56(52)93-19-9-25-99(83,84)85)69-71-54-30-40(4)50(36-58(54)94-20-10-26-100(86,87)88)67-65-46-14-12-42(32-44(46)61)90-17-7-23-97(77,78)79/h11-14,27-36,73H,5-10,15-26H2,1-4H3,(H2,62,63,72)(H,74,75,76)(H,77,78,79)(H,80,81,82)(H,83,84,85)(H,86,87,88)/b66-64+,67-65?,70-68?,71-69?. The Bertz CT molecular complexity index is 4610. The Morgan fingerprint density at radius 2 is 0.640 bits per heavy atom. The molecule has 0 fully saturated rings. The van der Waals surface area contributed by atoms with Crippen molar-refractivity contribution in [1.29, 1.82) is 0 Å². The fraction of sp³-hybridized carbons (Fsp3) is 0.373. The van der Waals surface area contributed by atoms with Gasteiger partial charge in [-0.15, -0.1) is 20.5 Å². The molecule has 6 rings (SSSR count). The average Bonchev–Trinajstić information content (AvgIpc) is 0.821. The summed E-state index contributed by atoms with van der Waals surface area (Å²) in [4.78, 5) is 14.1. The molecule has 100 heavy (non-hydrogen) atoms. The first-order chi connectivity index (χ1) is 47.0. The fourth-order valence-electron chi connectivity index (χ4n) is 8.39. The molecule has 0 bridgehead atoms. The maximum absolute atomic E-state index is 14.1. The summed E-state index contributed by atoms with van der Waals surface area (Å²) in [6, 6.07) is 20.7. The highest BCUT2D eigenvalue weighted by Gasteiger charge is 2.20. The lowest BCUT2D eigenvalue weighted by atomic mass is 10.1. The molecule has 0 atom stereocenters. The third kappa shape index (κ3) is 29.7. The number of aryl methyl sites for hydroxylation is 4. The number of carbonyl (C=O) groups excluding carboxylic acids is 1. The zero-order chi connectivity index (χ0) is 73.4. The molecule has 0 saturated heterocycles. The molecule has 0 spiro atoms. The predicted octanol–water partition coefficient (Wildman–Crippen LogP) is 15.0. The van der Waals surface area contributed by atoms with E-state index in [-0.39, 0.29) is 135 Å². The van der Waals surface area contributed by atoms with E-state index in [4.69, 9.17) is 37.5 Å². The molecule has 33 nitrogen and oxygen atoms in total. The van der Waals surface area contributed by atoms with Gasteiger partial charge < -0.3 is 43.6 Å². The number of nitrogens with zero attached hydrogens (tertiary/aromatic N) is 8. The van der Waals surface area contributed by atoms with E-state index in [1.807, 2.05) is 0 Å². The summed E-state index contributed by atoms with van der Waals surface area (Å²) in [5, 5.41) is 40.8. The van der Waals surface area contributed by atoms with E-state index in [1.165, 1.54) is 30.3 Å². The van der Waals surface area contributed by atoms with Crippen molar-refractivity contribution >= 4 is 157 Å². The molecule has 41 heteroatoms. The maximum Gasteiger partial charge on any atom is 0.323 e. The molecule has 0 radical (unpaired) electrons. The van der Waals surface area contributed by atoms with E-state index in [0.717, 1.165) is 0 Å². The van der Waals surface area contributed by atoms with Crippen LogP contribution in [0.2, 0.25) is 0 Å². The smallest absolute Gasteiger partial charge is 0.323 e. The molecule has 0 aromatic heterocycles. The Balaban J connectivity index is 1.29. The van der Waals surface area contributed by atoms with E-state index in [2.05, 4.69) is 83.4 Å². The first-order valence-electron chi connectivity index (χ1n) is 29.7. The second-order valence-electron chi connectivity index (χ2n) is 21.6. The van der Waals surface area contributed by atoms with Crippen molar-refractivity contribution in [2.24, 2.45) is 40.9 Å². The van der Waals surface area contributed by atoms with Crippen molar-refractivity contribution < 1.29 is 103 Å². The van der Waals surface area contributed by atoms with Crippen LogP contribution in [-0.4, -0.2) is 150 Å². The van der Waals surface area contributed by atoms with Gasteiger partial charge in [-0.3, -0.25) is 22.8 Å². The summed E-state index contributed by atoms with van der Waals surface area (Å²) < 4.78 is 206. The van der Waals surface area contributed by atoms with Crippen LogP contribution in [0.4, 0.5) is 61.7 Å². The lowest BCUT2D eigenvalue weighted by Gasteiger charge is -2.17. The Labute approximate surface area is 598 Å². The maximum atomic E-state index is 14.1. The van der Waals surface area contributed by atoms with Crippen LogP contribution >= 0.6 is 43.9 Å². The predicted molar refractivity (Wildman–Crippen MR) is 380 cm³/mol. The van der Waals surface area contributed by atoms with Gasteiger partial charge in [-0.1, -0.05) is 0 Å². The zero-order valence-corrected chi connectivity index (χ0v) is 61.8. The molecule has 0 aliphatic carbocycles. The van der Waals surface area contributed by atoms with Crippen molar-refractivity contribution in [2.75, 3.05) is 84.8 Å². The van der Waals surface area contributed by atoms with Crippen molar-refractivity contribution in [3.8, 4) is 34.5 Å². The number of anilines is 2. The van der Waals surface area contributed by atoms with Crippen LogP contribution in [0.5, 0.6) is 34.5 Å². The van der Waals surface area contributed by atoms with Crippen molar-refractivity contribution in [3.63, 3.8) is 0 Å². The van der Waals surface area contributed by atoms with E-state index < -0.39 is 85.4 Å². The van der Waals surface area contributed by atoms with Gasteiger partial charge in [-0.2, -0.15) is 62.5 Å². The highest BCUT2D eigenvalue weighted by Crippen LogP contribution is 2.43. The molecule has 0 saturated carbocycles. The number of benzene rings is 6. The fourth-order valence-corrected chi connectivity index (χ4v) is 11.9. The van der Waals surface area contributed by atoms with Crippen molar-refractivity contribution in [3.05, 3.63) is 116 Å². The SMILES string of the molecule is Cc1cc(N=Nc2cc(OCCCS(=O)(=O)O)c(NC(=O)Nc3cc(C)c(N=Nc4cc(C)c(/N=N/c5ccc(OCCCS(=O)(=O)O)cc5Br)cc4OCCCSO)cc3OCCCS(=O)(=O)O)cc2C)c(OCCCS(=O)(=O)O)cc1N=Nc1ccc(OCCCS(=O)(=O)O)cc1Br. The van der Waals surface area contributed by atoms with Gasteiger partial charge in [0.2, 0.25) is 0 Å². The number of carbonyl (C=O) groups is 1. The Morgan fingerprint density at radius 1 is 0.370 bits per heavy atom. The van der Waals surface area contributed by atoms with E-state index in [1.54, 1.807) is 82.3 Å². The number of rotatable bonds is 40. The largest absolute Gasteiger partial charge is 0.494 e. The lowest BCUT2D eigenvalue weighted by molar-refractivity contribution is 0.261. The molecule has 6 aromatic carbocycles. The minimum absolute atomic E-state index is 0.00127. The Hall–Kier alpha value is -7.39. The highest BCUT2D eigenvalue weighted by molar-refractivity contribution is 9.11. The summed E-state index contributed by atoms with van der Waals surface area (Å²) in [6.45, 7) is 6.07. The van der Waals surface area contributed by atoms with Gasteiger partial charge >= 0.3 is 6.03 Å². The quantitative estimate of drug-likeness (QED) is 0.00766. The minimum Gasteiger partial charge on any atom is -0.494 e. The Morgan fingerprint density at radius 3 is 0.950 bits per heavy atom. The van der Waals surface area contributed by atoms with E-state index >= 15 is 0 Å². The van der Waals surface area contributed by atoms with Gasteiger partial charge in [0.25, 0.3) is 50.6 Å². The topological polar surface area (TPSA) is 487 Å². The molecular formula is C59H70Br2N10O23S6. The number of hydrogen-bond donors (Lipinski definition) is 8. The van der Waals surface area contributed by atoms with Crippen LogP contribution in [0.3, 0.4) is 0 Å². The molecule has 544 valence electrons. The van der Waals surface area contributed by atoms with Crippen LogP contribution in [0.15, 0.2) is 135 Å². The van der Waals surface area contributed by atoms with E-state index in [0.29, 0.717) is 84.0 Å². The number of nitrogens with one attached hydrogen (secondary N) is 2. The van der Waals surface area contributed by atoms with Gasteiger partial charge in [0.15, 0.2) is 0 Å². The number of hydrogen-bond acceptors (Lipinski definition) is 27. The van der Waals surface area contributed by atoms with E-state index in [9.17, 15) is 65.1 Å². The van der Waals surface area contributed by atoms with Gasteiger partial charge in [-0.05, 0) is 193 Å². The molecule has 0 unspecified atom stereocenters. The van der Waals surface area contributed by atoms with Crippen LogP contribution in [-0.2, 0) is 50.6 Å². The third-order valence-electron chi connectivity index (χ3n) is 13.2. The van der Waals surface area contributed by atoms with Crippen molar-refractivity contribution in [1.82, 2.24) is 0 Å². The average molecular weight is 1640 g/mol. The zero-order valence-electron chi connectivity index (χ0n) is 53.7. The Kier molecular flexibility index (Phi) is 31.0. The van der Waals surface area contributed by atoms with Crippen LogP contribution in [0.1, 0.15) is 60.8 Å². The first-order valence-corrected chi connectivity index (χ1v) is 40.3. The number of amides is 2. The van der Waals surface area contributed by atoms with Gasteiger partial charge in [0.1, 0.15) is 57.2 Å². The molecular weight excluding hydrogens is 1570 g/mol. The number of ether oxygens (including phenoxy) is 6. The number of azo groups is 4. The monoisotopic (exact) mass is 1640 g/mol. The normalized spacial score (nSPS) is 12.4. The second-order valence-corrected chi connectivity index (χ2v) is 31.8. The molecule has 0 aliphatic rings. The summed E-state index contributed by atoms with van der Waals surface area (Å²) >= 11 is 7.51. The van der Waals surface area contributed by atoms with Crippen LogP contribution in [0, 0.1) is 27.7 Å². The molecule has 6 aromatic rings. The van der Waals surface area contributed by atoms with Gasteiger partial charge in [0, 0.05) is 39.0 Å². The minimum atomic E-state index is -4.42. The summed E-state index contributed by atoms with van der Waals surface area (Å²) in [6.07, 6.45) is 0.0265. The molecule has 8 N–H and O–H groups in total. The lowest BCUT2D eigenvalue weighted by Crippen LogP contribution is -2.21. The molecule has 0 heterocycles. The number of urea groups is 1. The molecule has 2 amide bonds. The summed E-state index contributed by atoms with van der Waals surface area (Å²) in [5.41, 5.74) is 4.13. The molecule has 0 aliphatic heterocycles. The van der Waals surface area contributed by atoms with Gasteiger partial charge in [0.05, 0.1) is 103 Å². The highest BCUT2D eigenvalue weighted by atomic mass is 79.9. The van der Waals surface area contributed by atoms with Crippen LogP contribution in [0.25, 0.3) is 0 Å². The van der Waals surface area contributed by atoms with Gasteiger partial charge in [-0.25, -0.2) is 4.79 Å². The van der Waals surface area contributed by atoms with Crippen LogP contribution < -0.4 is 39.1 Å².